The van der Waals surface area contributed by atoms with E-state index in [0.29, 0.717) is 18.7 Å². The fourth-order valence-corrected chi connectivity index (χ4v) is 1.23. The molecule has 1 rings (SSSR count). The Labute approximate surface area is 86.2 Å². The molecule has 0 unspecified atom stereocenters. The number of hydrogen-bond acceptors (Lipinski definition) is 5. The second kappa shape index (κ2) is 5.40. The summed E-state index contributed by atoms with van der Waals surface area (Å²) in [5.41, 5.74) is 6.00. The summed E-state index contributed by atoms with van der Waals surface area (Å²) in [5, 5.41) is 7.30. The molecule has 0 saturated carbocycles. The highest BCUT2D eigenvalue weighted by molar-refractivity contribution is 5.88. The lowest BCUT2D eigenvalue weighted by atomic mass is 10.2. The van der Waals surface area contributed by atoms with Crippen LogP contribution >= 0.6 is 0 Å². The van der Waals surface area contributed by atoms with Crippen molar-refractivity contribution in [2.75, 3.05) is 20.3 Å². The number of aryl methyl sites for hydroxylation is 1. The van der Waals surface area contributed by atoms with Crippen LogP contribution in [0.5, 0.6) is 0 Å². The first-order chi connectivity index (χ1) is 7.24. The van der Waals surface area contributed by atoms with Crippen LogP contribution in [0.25, 0.3) is 0 Å². The van der Waals surface area contributed by atoms with E-state index in [9.17, 15) is 9.18 Å². The zero-order chi connectivity index (χ0) is 11.3. The Kier molecular flexibility index (Phi) is 4.17. The number of nitrogens with two attached hydrogens (primary N) is 1. The summed E-state index contributed by atoms with van der Waals surface area (Å²) in [6.45, 7) is -0.162. The van der Waals surface area contributed by atoms with Gasteiger partial charge in [0.1, 0.15) is 6.67 Å². The Balaban J connectivity index is 2.99. The van der Waals surface area contributed by atoms with Gasteiger partial charge in [-0.05, 0) is 6.54 Å². The van der Waals surface area contributed by atoms with Gasteiger partial charge in [0.25, 0.3) is 0 Å². The smallest absolute Gasteiger partial charge is 0.360 e. The molecule has 0 atom stereocenters. The maximum atomic E-state index is 12.2. The average molecular weight is 216 g/mol. The van der Waals surface area contributed by atoms with E-state index < -0.39 is 12.6 Å². The highest BCUT2D eigenvalue weighted by Gasteiger charge is 2.19. The fourth-order valence-electron chi connectivity index (χ4n) is 1.23. The monoisotopic (exact) mass is 216 g/mol. The summed E-state index contributed by atoms with van der Waals surface area (Å²) in [5.74, 6) is -0.580. The number of alkyl halides is 1. The molecule has 1 aromatic rings. The summed E-state index contributed by atoms with van der Waals surface area (Å²) in [6, 6.07) is 0. The predicted octanol–water partition coefficient (Wildman–Crippen LogP) is -0.465. The number of ether oxygens (including phenoxy) is 1. The molecule has 84 valence electrons. The van der Waals surface area contributed by atoms with Gasteiger partial charge in [-0.25, -0.2) is 13.9 Å². The zero-order valence-electron chi connectivity index (χ0n) is 8.44. The molecule has 1 heterocycles. The Hall–Kier alpha value is -1.50. The van der Waals surface area contributed by atoms with Gasteiger partial charge in [0.15, 0.2) is 5.69 Å². The van der Waals surface area contributed by atoms with E-state index >= 15 is 0 Å². The van der Waals surface area contributed by atoms with Crippen LogP contribution in [0.2, 0.25) is 0 Å². The molecule has 0 aromatic carbocycles. The third-order valence-electron chi connectivity index (χ3n) is 1.89. The Bertz CT molecular complexity index is 339. The highest BCUT2D eigenvalue weighted by atomic mass is 19.1. The first-order valence-electron chi connectivity index (χ1n) is 4.51. The van der Waals surface area contributed by atoms with Crippen molar-refractivity contribution >= 4 is 5.97 Å². The molecule has 0 fully saturated rings. The van der Waals surface area contributed by atoms with Crippen molar-refractivity contribution in [2.45, 2.75) is 13.0 Å². The molecule has 0 radical (unpaired) electrons. The molecule has 0 aliphatic heterocycles. The maximum absolute atomic E-state index is 12.2. The molecule has 0 aliphatic rings. The van der Waals surface area contributed by atoms with Crippen LogP contribution in [0.3, 0.4) is 0 Å². The molecule has 0 spiro atoms. The van der Waals surface area contributed by atoms with Crippen molar-refractivity contribution in [2.24, 2.45) is 5.73 Å². The summed E-state index contributed by atoms with van der Waals surface area (Å²) >= 11 is 0. The second-order valence-corrected chi connectivity index (χ2v) is 2.83. The third kappa shape index (κ3) is 2.50. The number of halogens is 1. The topological polar surface area (TPSA) is 83.0 Å². The lowest BCUT2D eigenvalue weighted by Crippen LogP contribution is -2.14. The SMILES string of the molecule is COC(=O)c1nnn(CCF)c1CCN. The molecule has 2 N–H and O–H groups in total. The normalized spacial score (nSPS) is 10.3. The molecule has 0 saturated heterocycles. The van der Waals surface area contributed by atoms with Crippen LogP contribution in [0.15, 0.2) is 0 Å². The number of hydrogen-bond donors (Lipinski definition) is 1. The molecule has 15 heavy (non-hydrogen) atoms. The zero-order valence-corrected chi connectivity index (χ0v) is 8.44. The van der Waals surface area contributed by atoms with Crippen LogP contribution in [-0.2, 0) is 17.7 Å². The Morgan fingerprint density at radius 2 is 2.40 bits per heavy atom. The molecular formula is C8H13FN4O2. The summed E-state index contributed by atoms with van der Waals surface area (Å²) in [4.78, 5) is 11.3. The van der Waals surface area contributed by atoms with Crippen LogP contribution in [-0.4, -0.2) is 41.3 Å². The lowest BCUT2D eigenvalue weighted by Gasteiger charge is -2.03. The van der Waals surface area contributed by atoms with Crippen molar-refractivity contribution in [1.29, 1.82) is 0 Å². The quantitative estimate of drug-likeness (QED) is 0.673. The van der Waals surface area contributed by atoms with Crippen LogP contribution in [0, 0.1) is 0 Å². The number of esters is 1. The molecule has 6 nitrogen and oxygen atoms in total. The van der Waals surface area contributed by atoms with Gasteiger partial charge in [-0.3, -0.25) is 0 Å². The molecule has 1 aromatic heterocycles. The third-order valence-corrected chi connectivity index (χ3v) is 1.89. The first-order valence-corrected chi connectivity index (χ1v) is 4.51. The van der Waals surface area contributed by atoms with Gasteiger partial charge in [-0.2, -0.15) is 0 Å². The summed E-state index contributed by atoms with van der Waals surface area (Å²) in [6.07, 6.45) is 0.414. The largest absolute Gasteiger partial charge is 0.464 e. The van der Waals surface area contributed by atoms with E-state index in [-0.39, 0.29) is 12.2 Å². The van der Waals surface area contributed by atoms with Gasteiger partial charge in [0.2, 0.25) is 0 Å². The molecule has 7 heteroatoms. The minimum atomic E-state index is -0.580. The van der Waals surface area contributed by atoms with E-state index in [1.165, 1.54) is 11.8 Å². The van der Waals surface area contributed by atoms with Crippen molar-refractivity contribution in [3.8, 4) is 0 Å². The van der Waals surface area contributed by atoms with Crippen molar-refractivity contribution < 1.29 is 13.9 Å². The van der Waals surface area contributed by atoms with E-state index in [1.54, 1.807) is 0 Å². The van der Waals surface area contributed by atoms with Gasteiger partial charge in [-0.1, -0.05) is 5.21 Å². The van der Waals surface area contributed by atoms with Gasteiger partial charge >= 0.3 is 5.97 Å². The fraction of sp³-hybridized carbons (Fsp3) is 0.625. The number of carbonyl (C=O) groups is 1. The van der Waals surface area contributed by atoms with Crippen molar-refractivity contribution in [3.05, 3.63) is 11.4 Å². The number of nitrogens with zero attached hydrogens (tertiary/aromatic N) is 3. The van der Waals surface area contributed by atoms with Crippen LogP contribution in [0.1, 0.15) is 16.2 Å². The number of rotatable bonds is 5. The number of methoxy groups -OCH3 is 1. The van der Waals surface area contributed by atoms with Crippen LogP contribution in [0.4, 0.5) is 4.39 Å². The Morgan fingerprint density at radius 3 is 2.93 bits per heavy atom. The first kappa shape index (κ1) is 11.6. The summed E-state index contributed by atoms with van der Waals surface area (Å²) < 4.78 is 18.0. The van der Waals surface area contributed by atoms with E-state index in [2.05, 4.69) is 15.0 Å². The minimum Gasteiger partial charge on any atom is -0.464 e. The van der Waals surface area contributed by atoms with E-state index in [0.717, 1.165) is 0 Å². The van der Waals surface area contributed by atoms with E-state index in [4.69, 9.17) is 5.73 Å². The van der Waals surface area contributed by atoms with E-state index in [1.807, 2.05) is 0 Å². The van der Waals surface area contributed by atoms with Crippen LogP contribution < -0.4 is 5.73 Å². The second-order valence-electron chi connectivity index (χ2n) is 2.83. The van der Waals surface area contributed by atoms with Gasteiger partial charge in [-0.15, -0.1) is 5.10 Å². The van der Waals surface area contributed by atoms with Gasteiger partial charge < -0.3 is 10.5 Å². The summed E-state index contributed by atoms with van der Waals surface area (Å²) in [7, 11) is 1.25. The standard InChI is InChI=1S/C8H13FN4O2/c1-15-8(14)7-6(2-4-10)13(5-3-9)12-11-7/h2-5,10H2,1H3. The van der Waals surface area contributed by atoms with Crippen molar-refractivity contribution in [1.82, 2.24) is 15.0 Å². The number of aromatic nitrogens is 3. The maximum Gasteiger partial charge on any atom is 0.360 e. The average Bonchev–Trinajstić information content (AvgIpc) is 2.62. The highest BCUT2D eigenvalue weighted by Crippen LogP contribution is 2.07. The molecular weight excluding hydrogens is 203 g/mol. The van der Waals surface area contributed by atoms with Gasteiger partial charge in [0.05, 0.1) is 19.3 Å². The molecule has 0 aliphatic carbocycles. The van der Waals surface area contributed by atoms with Crippen molar-refractivity contribution in [3.63, 3.8) is 0 Å². The molecule has 0 amide bonds. The Morgan fingerprint density at radius 1 is 1.67 bits per heavy atom. The van der Waals surface area contributed by atoms with Gasteiger partial charge in [0, 0.05) is 6.42 Å². The predicted molar refractivity (Wildman–Crippen MR) is 50.1 cm³/mol. The lowest BCUT2D eigenvalue weighted by molar-refractivity contribution is 0.0592. The molecule has 0 bridgehead atoms. The minimum absolute atomic E-state index is 0.0688. The number of carbonyl (C=O) groups excluding carboxylic acids is 1.